The van der Waals surface area contributed by atoms with Gasteiger partial charge in [0.15, 0.2) is 0 Å². The number of halogens is 2. The van der Waals surface area contributed by atoms with Crippen LogP contribution in [0.2, 0.25) is 0 Å². The molecule has 2 amide bonds. The van der Waals surface area contributed by atoms with Crippen molar-refractivity contribution in [3.8, 4) is 5.75 Å². The van der Waals surface area contributed by atoms with Crippen LogP contribution in [0.4, 0.5) is 0 Å². The summed E-state index contributed by atoms with van der Waals surface area (Å²) >= 11 is 6.59. The SMILES string of the molecule is O=C(CCCOc1cccc(Br)c1)NNC(=O)c1cc(Br)c[nH]1. The number of nitrogens with one attached hydrogen (secondary N) is 3. The normalized spacial score (nSPS) is 10.2. The molecule has 0 atom stereocenters. The molecule has 1 heterocycles. The Bertz CT molecular complexity index is 688. The summed E-state index contributed by atoms with van der Waals surface area (Å²) in [6.45, 7) is 0.418. The molecule has 23 heavy (non-hydrogen) atoms. The van der Waals surface area contributed by atoms with Crippen molar-refractivity contribution in [2.75, 3.05) is 6.61 Å². The van der Waals surface area contributed by atoms with Crippen molar-refractivity contribution in [2.24, 2.45) is 0 Å². The minimum absolute atomic E-state index is 0.253. The second-order valence-electron chi connectivity index (χ2n) is 4.64. The maximum Gasteiger partial charge on any atom is 0.286 e. The molecule has 1 aromatic carbocycles. The lowest BCUT2D eigenvalue weighted by atomic mass is 10.3. The average molecular weight is 445 g/mol. The van der Waals surface area contributed by atoms with E-state index in [4.69, 9.17) is 4.74 Å². The van der Waals surface area contributed by atoms with E-state index < -0.39 is 5.91 Å². The molecule has 0 aliphatic heterocycles. The summed E-state index contributed by atoms with van der Waals surface area (Å²) in [4.78, 5) is 26.1. The summed E-state index contributed by atoms with van der Waals surface area (Å²) in [5, 5.41) is 0. The number of carbonyl (C=O) groups is 2. The first kappa shape index (κ1) is 17.6. The van der Waals surface area contributed by atoms with Gasteiger partial charge in [-0.25, -0.2) is 0 Å². The zero-order valence-corrected chi connectivity index (χ0v) is 15.2. The van der Waals surface area contributed by atoms with Crippen molar-refractivity contribution < 1.29 is 14.3 Å². The molecule has 3 N–H and O–H groups in total. The second-order valence-corrected chi connectivity index (χ2v) is 6.47. The molecular weight excluding hydrogens is 430 g/mol. The van der Waals surface area contributed by atoms with Crippen molar-refractivity contribution in [1.29, 1.82) is 0 Å². The highest BCUT2D eigenvalue weighted by molar-refractivity contribution is 9.10. The maximum atomic E-state index is 11.7. The highest BCUT2D eigenvalue weighted by atomic mass is 79.9. The lowest BCUT2D eigenvalue weighted by Crippen LogP contribution is -2.41. The molecule has 0 aliphatic rings. The zero-order chi connectivity index (χ0) is 16.7. The number of rotatable bonds is 6. The third-order valence-corrected chi connectivity index (χ3v) is 3.77. The van der Waals surface area contributed by atoms with Crippen molar-refractivity contribution in [3.05, 3.63) is 51.2 Å². The van der Waals surface area contributed by atoms with E-state index in [-0.39, 0.29) is 12.3 Å². The molecule has 0 fully saturated rings. The molecule has 0 aliphatic carbocycles. The van der Waals surface area contributed by atoms with Gasteiger partial charge in [0.25, 0.3) is 5.91 Å². The quantitative estimate of drug-likeness (QED) is 0.472. The smallest absolute Gasteiger partial charge is 0.286 e. The van der Waals surface area contributed by atoms with Gasteiger partial charge in [0, 0.05) is 21.6 Å². The Balaban J connectivity index is 1.62. The van der Waals surface area contributed by atoms with E-state index in [2.05, 4.69) is 47.7 Å². The number of aromatic amines is 1. The predicted molar refractivity (Wildman–Crippen MR) is 93.0 cm³/mol. The fraction of sp³-hybridized carbons (Fsp3) is 0.200. The fourth-order valence-electron chi connectivity index (χ4n) is 1.73. The molecule has 2 aromatic rings. The van der Waals surface area contributed by atoms with Gasteiger partial charge >= 0.3 is 0 Å². The Labute approximate surface area is 150 Å². The van der Waals surface area contributed by atoms with E-state index >= 15 is 0 Å². The Kier molecular flexibility index (Phi) is 6.66. The molecular formula is C15H15Br2N3O3. The third-order valence-electron chi connectivity index (χ3n) is 2.82. The molecule has 0 saturated carbocycles. The first-order chi connectivity index (χ1) is 11.0. The number of hydrogen-bond donors (Lipinski definition) is 3. The summed E-state index contributed by atoms with van der Waals surface area (Å²) in [5.74, 6) is 0.0571. The van der Waals surface area contributed by atoms with Gasteiger partial charge in [-0.1, -0.05) is 22.0 Å². The molecule has 0 saturated heterocycles. The monoisotopic (exact) mass is 443 g/mol. The molecule has 0 radical (unpaired) electrons. The van der Waals surface area contributed by atoms with Gasteiger partial charge in [0.2, 0.25) is 5.91 Å². The predicted octanol–water partition coefficient (Wildman–Crippen LogP) is 3.16. The van der Waals surface area contributed by atoms with Gasteiger partial charge in [-0.2, -0.15) is 0 Å². The van der Waals surface area contributed by atoms with Gasteiger partial charge in [0.05, 0.1) is 6.61 Å². The van der Waals surface area contributed by atoms with Crippen LogP contribution in [0.1, 0.15) is 23.3 Å². The minimum Gasteiger partial charge on any atom is -0.494 e. The van der Waals surface area contributed by atoms with Crippen LogP contribution in [0.15, 0.2) is 45.5 Å². The fourth-order valence-corrected chi connectivity index (χ4v) is 2.46. The van der Waals surface area contributed by atoms with Crippen molar-refractivity contribution in [3.63, 3.8) is 0 Å². The molecule has 6 nitrogen and oxygen atoms in total. The number of hydrazine groups is 1. The Morgan fingerprint density at radius 2 is 1.96 bits per heavy atom. The average Bonchev–Trinajstić information content (AvgIpc) is 2.96. The highest BCUT2D eigenvalue weighted by Gasteiger charge is 2.09. The number of ether oxygens (including phenoxy) is 1. The molecule has 0 spiro atoms. The van der Waals surface area contributed by atoms with E-state index in [0.717, 1.165) is 14.7 Å². The standard InChI is InChI=1S/C15H15Br2N3O3/c16-10-3-1-4-12(7-10)23-6-2-5-14(21)19-20-15(22)13-8-11(17)9-18-13/h1,3-4,7-9,18H,2,5-6H2,(H,19,21)(H,20,22). The van der Waals surface area contributed by atoms with Crippen molar-refractivity contribution in [2.45, 2.75) is 12.8 Å². The van der Waals surface area contributed by atoms with E-state index in [1.807, 2.05) is 24.3 Å². The largest absolute Gasteiger partial charge is 0.494 e. The number of hydrogen-bond acceptors (Lipinski definition) is 3. The first-order valence-corrected chi connectivity index (χ1v) is 8.44. The minimum atomic E-state index is -0.408. The van der Waals surface area contributed by atoms with Crippen LogP contribution < -0.4 is 15.6 Å². The van der Waals surface area contributed by atoms with Crippen LogP contribution in [-0.4, -0.2) is 23.4 Å². The van der Waals surface area contributed by atoms with Crippen LogP contribution in [0.3, 0.4) is 0 Å². The van der Waals surface area contributed by atoms with Gasteiger partial charge in [-0.05, 0) is 46.6 Å². The summed E-state index contributed by atoms with van der Waals surface area (Å²) in [7, 11) is 0. The Morgan fingerprint density at radius 1 is 1.13 bits per heavy atom. The van der Waals surface area contributed by atoms with Gasteiger partial charge in [0.1, 0.15) is 11.4 Å². The Hall–Kier alpha value is -1.80. The lowest BCUT2D eigenvalue weighted by Gasteiger charge is -2.08. The highest BCUT2D eigenvalue weighted by Crippen LogP contribution is 2.17. The van der Waals surface area contributed by atoms with E-state index in [9.17, 15) is 9.59 Å². The summed E-state index contributed by atoms with van der Waals surface area (Å²) in [6.07, 6.45) is 2.43. The summed E-state index contributed by atoms with van der Waals surface area (Å²) in [5.41, 5.74) is 5.06. The second kappa shape index (κ2) is 8.73. The van der Waals surface area contributed by atoms with E-state index in [1.165, 1.54) is 0 Å². The van der Waals surface area contributed by atoms with Gasteiger partial charge in [-0.15, -0.1) is 0 Å². The number of amides is 2. The molecule has 0 unspecified atom stereocenters. The van der Waals surface area contributed by atoms with E-state index in [0.29, 0.717) is 18.7 Å². The number of aromatic nitrogens is 1. The zero-order valence-electron chi connectivity index (χ0n) is 12.1. The van der Waals surface area contributed by atoms with Crippen LogP contribution in [0, 0.1) is 0 Å². The summed E-state index contributed by atoms with van der Waals surface area (Å²) in [6, 6.07) is 9.11. The van der Waals surface area contributed by atoms with Crippen LogP contribution in [0.5, 0.6) is 5.75 Å². The van der Waals surface area contributed by atoms with Crippen LogP contribution in [-0.2, 0) is 4.79 Å². The topological polar surface area (TPSA) is 83.2 Å². The van der Waals surface area contributed by atoms with Crippen molar-refractivity contribution >= 4 is 43.7 Å². The van der Waals surface area contributed by atoms with E-state index in [1.54, 1.807) is 12.3 Å². The number of benzene rings is 1. The molecule has 1 aromatic heterocycles. The van der Waals surface area contributed by atoms with Crippen LogP contribution in [0.25, 0.3) is 0 Å². The van der Waals surface area contributed by atoms with Crippen molar-refractivity contribution in [1.82, 2.24) is 15.8 Å². The lowest BCUT2D eigenvalue weighted by molar-refractivity contribution is -0.122. The molecule has 0 bridgehead atoms. The first-order valence-electron chi connectivity index (χ1n) is 6.86. The Morgan fingerprint density at radius 3 is 2.65 bits per heavy atom. The molecule has 122 valence electrons. The maximum absolute atomic E-state index is 11.7. The van der Waals surface area contributed by atoms with Crippen LogP contribution >= 0.6 is 31.9 Å². The van der Waals surface area contributed by atoms with Gasteiger partial charge < -0.3 is 9.72 Å². The van der Waals surface area contributed by atoms with Gasteiger partial charge in [-0.3, -0.25) is 20.4 Å². The summed E-state index contributed by atoms with van der Waals surface area (Å²) < 4.78 is 7.23. The number of carbonyl (C=O) groups excluding carboxylic acids is 2. The molecule has 8 heteroatoms. The number of H-pyrrole nitrogens is 1. The molecule has 2 rings (SSSR count). The third kappa shape index (κ3) is 6.07.